The van der Waals surface area contributed by atoms with Crippen LogP contribution in [0.15, 0.2) is 60.9 Å². The first-order valence-corrected chi connectivity index (χ1v) is 11.4. The van der Waals surface area contributed by atoms with Crippen LogP contribution >= 0.6 is 23.2 Å². The molecule has 1 aliphatic rings. The molecular formula is C24H23Cl2N5O2. The van der Waals surface area contributed by atoms with Gasteiger partial charge in [0.25, 0.3) is 0 Å². The highest BCUT2D eigenvalue weighted by Gasteiger charge is 2.22. The molecule has 2 amide bonds. The van der Waals surface area contributed by atoms with Gasteiger partial charge in [-0.3, -0.25) is 9.59 Å². The van der Waals surface area contributed by atoms with Crippen LogP contribution in [0.25, 0.3) is 0 Å². The molecule has 0 atom stereocenters. The molecule has 2 heterocycles. The van der Waals surface area contributed by atoms with Gasteiger partial charge in [-0.25, -0.2) is 9.97 Å². The van der Waals surface area contributed by atoms with E-state index in [0.717, 1.165) is 5.56 Å². The second-order valence-electron chi connectivity index (χ2n) is 7.72. The second-order valence-corrected chi connectivity index (χ2v) is 8.53. The average molecular weight is 484 g/mol. The lowest BCUT2D eigenvalue weighted by Gasteiger charge is -2.34. The number of piperazine rings is 1. The monoisotopic (exact) mass is 483 g/mol. The van der Waals surface area contributed by atoms with Crippen molar-refractivity contribution < 1.29 is 9.59 Å². The smallest absolute Gasteiger partial charge is 0.228 e. The van der Waals surface area contributed by atoms with Gasteiger partial charge in [-0.05, 0) is 41.5 Å². The highest BCUT2D eigenvalue weighted by atomic mass is 35.5. The Morgan fingerprint density at radius 3 is 2.12 bits per heavy atom. The summed E-state index contributed by atoms with van der Waals surface area (Å²) in [5.74, 6) is 0.557. The van der Waals surface area contributed by atoms with E-state index in [1.165, 1.54) is 0 Å². The lowest BCUT2D eigenvalue weighted by atomic mass is 10.1. The molecule has 0 saturated carbocycles. The van der Waals surface area contributed by atoms with Gasteiger partial charge in [0.15, 0.2) is 0 Å². The number of nitrogens with one attached hydrogen (secondary N) is 1. The normalized spacial score (nSPS) is 13.6. The number of rotatable bonds is 6. The van der Waals surface area contributed by atoms with Gasteiger partial charge in [0.1, 0.15) is 0 Å². The molecule has 1 N–H and O–H groups in total. The van der Waals surface area contributed by atoms with Crippen LogP contribution in [0.4, 0.5) is 11.6 Å². The number of aromatic nitrogens is 2. The minimum absolute atomic E-state index is 0.0776. The highest BCUT2D eigenvalue weighted by Crippen LogP contribution is 2.25. The van der Waals surface area contributed by atoms with E-state index in [0.29, 0.717) is 59.8 Å². The summed E-state index contributed by atoms with van der Waals surface area (Å²) in [5.41, 5.74) is 2.14. The Labute approximate surface area is 202 Å². The molecule has 7 nitrogen and oxygen atoms in total. The van der Waals surface area contributed by atoms with Crippen molar-refractivity contribution in [1.29, 1.82) is 0 Å². The van der Waals surface area contributed by atoms with Crippen molar-refractivity contribution in [3.05, 3.63) is 82.1 Å². The molecule has 33 heavy (non-hydrogen) atoms. The summed E-state index contributed by atoms with van der Waals surface area (Å²) < 4.78 is 0. The number of benzene rings is 2. The first-order valence-electron chi connectivity index (χ1n) is 10.6. The number of nitrogens with zero attached hydrogens (tertiary/aromatic N) is 4. The van der Waals surface area contributed by atoms with Crippen LogP contribution in [0, 0.1) is 0 Å². The number of amides is 2. The fourth-order valence-corrected chi connectivity index (χ4v) is 4.20. The summed E-state index contributed by atoms with van der Waals surface area (Å²) in [6, 6.07) is 14.2. The first kappa shape index (κ1) is 23.0. The van der Waals surface area contributed by atoms with Crippen molar-refractivity contribution in [2.45, 2.75) is 12.8 Å². The van der Waals surface area contributed by atoms with Crippen molar-refractivity contribution >= 4 is 46.7 Å². The molecule has 0 spiro atoms. The van der Waals surface area contributed by atoms with Gasteiger partial charge in [-0.15, -0.1) is 0 Å². The van der Waals surface area contributed by atoms with Crippen LogP contribution in [-0.4, -0.2) is 52.9 Å². The van der Waals surface area contributed by atoms with Gasteiger partial charge in [-0.1, -0.05) is 41.4 Å². The van der Waals surface area contributed by atoms with E-state index < -0.39 is 0 Å². The van der Waals surface area contributed by atoms with Gasteiger partial charge >= 0.3 is 0 Å². The van der Waals surface area contributed by atoms with E-state index >= 15 is 0 Å². The molecular weight excluding hydrogens is 461 g/mol. The molecule has 2 aromatic carbocycles. The molecule has 0 bridgehead atoms. The molecule has 9 heteroatoms. The highest BCUT2D eigenvalue weighted by molar-refractivity contribution is 6.36. The lowest BCUT2D eigenvalue weighted by Crippen LogP contribution is -2.49. The Balaban J connectivity index is 1.27. The van der Waals surface area contributed by atoms with Gasteiger partial charge in [-0.2, -0.15) is 0 Å². The number of hydrogen-bond donors (Lipinski definition) is 1. The predicted molar refractivity (Wildman–Crippen MR) is 130 cm³/mol. The van der Waals surface area contributed by atoms with Crippen molar-refractivity contribution in [2.24, 2.45) is 0 Å². The topological polar surface area (TPSA) is 78.4 Å². The zero-order valence-electron chi connectivity index (χ0n) is 17.9. The first-order chi connectivity index (χ1) is 16.0. The number of halogens is 2. The molecule has 1 fully saturated rings. The third-order valence-electron chi connectivity index (χ3n) is 5.46. The standard InChI is InChI=1S/C24H23Cl2N5O2/c25-20-3-1-4-21(26)19(20)16-22(32)29-18-7-5-17(6-8-18)15-23(33)30-11-13-31(14-12-30)24-27-9-2-10-28-24/h1-10H,11-16H2,(H,29,32). The van der Waals surface area contributed by atoms with Crippen molar-refractivity contribution in [1.82, 2.24) is 14.9 Å². The number of carbonyl (C=O) groups is 2. The maximum absolute atomic E-state index is 12.7. The maximum atomic E-state index is 12.7. The van der Waals surface area contributed by atoms with Crippen molar-refractivity contribution in [2.75, 3.05) is 36.4 Å². The predicted octanol–water partition coefficient (Wildman–Crippen LogP) is 3.86. The quantitative estimate of drug-likeness (QED) is 0.575. The summed E-state index contributed by atoms with van der Waals surface area (Å²) in [6.07, 6.45) is 3.83. The molecule has 0 radical (unpaired) electrons. The van der Waals surface area contributed by atoms with E-state index in [4.69, 9.17) is 23.2 Å². The SMILES string of the molecule is O=C(Cc1c(Cl)cccc1Cl)Nc1ccc(CC(=O)N2CCN(c3ncccn3)CC2)cc1. The molecule has 3 aromatic rings. The molecule has 0 aliphatic carbocycles. The third kappa shape index (κ3) is 6.00. The van der Waals surface area contributed by atoms with Gasteiger partial charge in [0, 0.05) is 54.3 Å². The Morgan fingerprint density at radius 1 is 0.848 bits per heavy atom. The van der Waals surface area contributed by atoms with Crippen LogP contribution in [0.1, 0.15) is 11.1 Å². The fourth-order valence-electron chi connectivity index (χ4n) is 3.67. The Kier molecular flexibility index (Phi) is 7.42. The van der Waals surface area contributed by atoms with Gasteiger partial charge in [0.2, 0.25) is 17.8 Å². The maximum Gasteiger partial charge on any atom is 0.228 e. The minimum Gasteiger partial charge on any atom is -0.339 e. The molecule has 1 aromatic heterocycles. The van der Waals surface area contributed by atoms with Crippen LogP contribution in [-0.2, 0) is 22.4 Å². The molecule has 0 unspecified atom stereocenters. The van der Waals surface area contributed by atoms with Crippen molar-refractivity contribution in [3.8, 4) is 0 Å². The Bertz CT molecular complexity index is 1100. The summed E-state index contributed by atoms with van der Waals surface area (Å²) in [6.45, 7) is 2.68. The number of anilines is 2. The summed E-state index contributed by atoms with van der Waals surface area (Å²) in [7, 11) is 0. The third-order valence-corrected chi connectivity index (χ3v) is 6.17. The Morgan fingerprint density at radius 2 is 1.48 bits per heavy atom. The van der Waals surface area contributed by atoms with Gasteiger partial charge < -0.3 is 15.1 Å². The average Bonchev–Trinajstić information content (AvgIpc) is 2.83. The molecule has 1 saturated heterocycles. The van der Waals surface area contributed by atoms with E-state index in [1.54, 1.807) is 48.8 Å². The summed E-state index contributed by atoms with van der Waals surface area (Å²) >= 11 is 12.3. The zero-order chi connectivity index (χ0) is 23.2. The Hall–Kier alpha value is -3.16. The molecule has 170 valence electrons. The van der Waals surface area contributed by atoms with Crippen molar-refractivity contribution in [3.63, 3.8) is 0 Å². The summed E-state index contributed by atoms with van der Waals surface area (Å²) in [5, 5.41) is 3.76. The molecule has 4 rings (SSSR count). The zero-order valence-corrected chi connectivity index (χ0v) is 19.4. The van der Waals surface area contributed by atoms with Crippen LogP contribution in [0.3, 0.4) is 0 Å². The van der Waals surface area contributed by atoms with E-state index in [2.05, 4.69) is 20.2 Å². The number of carbonyl (C=O) groups excluding carboxylic acids is 2. The van der Waals surface area contributed by atoms with E-state index in [-0.39, 0.29) is 18.2 Å². The van der Waals surface area contributed by atoms with Gasteiger partial charge in [0.05, 0.1) is 12.8 Å². The number of hydrogen-bond acceptors (Lipinski definition) is 5. The van der Waals surface area contributed by atoms with Crippen LogP contribution in [0.5, 0.6) is 0 Å². The largest absolute Gasteiger partial charge is 0.339 e. The minimum atomic E-state index is -0.214. The van der Waals surface area contributed by atoms with E-state index in [1.807, 2.05) is 17.0 Å². The summed E-state index contributed by atoms with van der Waals surface area (Å²) in [4.78, 5) is 37.6. The van der Waals surface area contributed by atoms with Crippen LogP contribution < -0.4 is 10.2 Å². The lowest BCUT2D eigenvalue weighted by molar-refractivity contribution is -0.130. The van der Waals surface area contributed by atoms with Crippen LogP contribution in [0.2, 0.25) is 10.0 Å². The fraction of sp³-hybridized carbons (Fsp3) is 0.250. The second kappa shape index (κ2) is 10.6. The molecule has 1 aliphatic heterocycles. The van der Waals surface area contributed by atoms with E-state index in [9.17, 15) is 9.59 Å².